The standard InChI is InChI=1S/C23H16FN3O5/c24-12-23(13-25,27-21(31)17-7-3-4-8-18(17)22(27)32)10-9-14(28)11-26-19(29)15-5-1-2-6-16(15)20(26)30/h1-8H,9-12H2. The summed E-state index contributed by atoms with van der Waals surface area (Å²) < 4.78 is 14.1. The van der Waals surface area contributed by atoms with Gasteiger partial charge < -0.3 is 0 Å². The molecule has 2 aliphatic rings. The van der Waals surface area contributed by atoms with E-state index in [1.165, 1.54) is 24.3 Å². The molecule has 32 heavy (non-hydrogen) atoms. The lowest BCUT2D eigenvalue weighted by molar-refractivity contribution is -0.119. The number of carbonyl (C=O) groups is 5. The molecule has 0 aromatic heterocycles. The third kappa shape index (κ3) is 3.08. The van der Waals surface area contributed by atoms with Gasteiger partial charge in [-0.15, -0.1) is 0 Å². The number of hydrogen-bond acceptors (Lipinski definition) is 6. The van der Waals surface area contributed by atoms with Gasteiger partial charge in [0.25, 0.3) is 23.6 Å². The molecule has 0 fully saturated rings. The van der Waals surface area contributed by atoms with Crippen LogP contribution in [-0.2, 0) is 4.79 Å². The Hall–Kier alpha value is -4.19. The third-order valence-corrected chi connectivity index (χ3v) is 5.68. The Bertz CT molecular complexity index is 1160. The van der Waals surface area contributed by atoms with Crippen molar-refractivity contribution in [2.45, 2.75) is 18.4 Å². The average molecular weight is 433 g/mol. The van der Waals surface area contributed by atoms with Crippen molar-refractivity contribution in [1.82, 2.24) is 9.80 Å². The van der Waals surface area contributed by atoms with E-state index in [0.29, 0.717) is 4.90 Å². The van der Waals surface area contributed by atoms with E-state index in [2.05, 4.69) is 0 Å². The van der Waals surface area contributed by atoms with Gasteiger partial charge >= 0.3 is 0 Å². The molecule has 0 N–H and O–H groups in total. The van der Waals surface area contributed by atoms with Crippen LogP contribution in [-0.4, -0.2) is 58.0 Å². The molecule has 2 aromatic carbocycles. The molecule has 0 saturated carbocycles. The van der Waals surface area contributed by atoms with E-state index in [4.69, 9.17) is 0 Å². The molecule has 0 radical (unpaired) electrons. The molecule has 160 valence electrons. The molecule has 2 aliphatic heterocycles. The summed E-state index contributed by atoms with van der Waals surface area (Å²) in [4.78, 5) is 64.2. The minimum absolute atomic E-state index is 0.0583. The van der Waals surface area contributed by atoms with Crippen LogP contribution in [0, 0.1) is 11.3 Å². The average Bonchev–Trinajstić information content (AvgIpc) is 3.21. The van der Waals surface area contributed by atoms with Crippen molar-refractivity contribution in [2.24, 2.45) is 0 Å². The van der Waals surface area contributed by atoms with Crippen molar-refractivity contribution >= 4 is 29.4 Å². The summed E-state index contributed by atoms with van der Waals surface area (Å²) >= 11 is 0. The van der Waals surface area contributed by atoms with Gasteiger partial charge in [0, 0.05) is 6.42 Å². The molecule has 8 nitrogen and oxygen atoms in total. The topological polar surface area (TPSA) is 116 Å². The largest absolute Gasteiger partial charge is 0.298 e. The maximum absolute atomic E-state index is 14.1. The van der Waals surface area contributed by atoms with Crippen LogP contribution in [0.4, 0.5) is 4.39 Å². The number of hydrogen-bond donors (Lipinski definition) is 0. The molecular formula is C23H16FN3O5. The van der Waals surface area contributed by atoms with Gasteiger partial charge in [-0.25, -0.2) is 4.39 Å². The number of carbonyl (C=O) groups excluding carboxylic acids is 5. The number of nitrogens with zero attached hydrogens (tertiary/aromatic N) is 3. The van der Waals surface area contributed by atoms with E-state index in [1.54, 1.807) is 30.3 Å². The maximum Gasteiger partial charge on any atom is 0.263 e. The number of imide groups is 2. The fraction of sp³-hybridized carbons (Fsp3) is 0.217. The zero-order valence-electron chi connectivity index (χ0n) is 16.7. The van der Waals surface area contributed by atoms with E-state index in [-0.39, 0.29) is 22.3 Å². The molecule has 2 heterocycles. The first-order valence-electron chi connectivity index (χ1n) is 9.76. The molecule has 2 aromatic rings. The first kappa shape index (κ1) is 21.1. The van der Waals surface area contributed by atoms with Crippen LogP contribution < -0.4 is 0 Å². The van der Waals surface area contributed by atoms with Gasteiger partial charge in [-0.05, 0) is 30.7 Å². The van der Waals surface area contributed by atoms with Crippen LogP contribution in [0.15, 0.2) is 48.5 Å². The fourth-order valence-corrected chi connectivity index (χ4v) is 3.94. The Labute approximate surface area is 181 Å². The highest BCUT2D eigenvalue weighted by Gasteiger charge is 2.50. The van der Waals surface area contributed by atoms with Crippen molar-refractivity contribution in [2.75, 3.05) is 13.2 Å². The van der Waals surface area contributed by atoms with Crippen LogP contribution >= 0.6 is 0 Å². The monoisotopic (exact) mass is 433 g/mol. The lowest BCUT2D eigenvalue weighted by atomic mass is 9.92. The minimum atomic E-state index is -2.18. The Morgan fingerprint density at radius 1 is 0.844 bits per heavy atom. The number of amides is 4. The number of nitriles is 1. The summed E-state index contributed by atoms with van der Waals surface area (Å²) in [6, 6.07) is 13.7. The molecule has 0 aliphatic carbocycles. The molecule has 1 unspecified atom stereocenters. The molecule has 0 saturated heterocycles. The molecule has 1 atom stereocenters. The van der Waals surface area contributed by atoms with Gasteiger partial charge in [-0.2, -0.15) is 5.26 Å². The number of benzene rings is 2. The van der Waals surface area contributed by atoms with Gasteiger partial charge in [0.05, 0.1) is 34.9 Å². The molecule has 0 bridgehead atoms. The SMILES string of the molecule is N#CC(CF)(CCC(=O)CN1C(=O)c2ccccc2C1=O)N1C(=O)c2ccccc2C1=O. The summed E-state index contributed by atoms with van der Waals surface area (Å²) in [5, 5.41) is 9.69. The van der Waals surface area contributed by atoms with E-state index in [9.17, 15) is 33.6 Å². The van der Waals surface area contributed by atoms with E-state index in [0.717, 1.165) is 4.90 Å². The van der Waals surface area contributed by atoms with Crippen LogP contribution in [0.2, 0.25) is 0 Å². The molecule has 0 spiro atoms. The number of fused-ring (bicyclic) bond motifs is 2. The van der Waals surface area contributed by atoms with Crippen molar-refractivity contribution in [1.29, 1.82) is 5.26 Å². The highest BCUT2D eigenvalue weighted by Crippen LogP contribution is 2.33. The fourth-order valence-electron chi connectivity index (χ4n) is 3.94. The summed E-state index contributed by atoms with van der Waals surface area (Å²) in [6.45, 7) is -1.92. The first-order chi connectivity index (χ1) is 15.3. The highest BCUT2D eigenvalue weighted by molar-refractivity contribution is 6.23. The second-order valence-corrected chi connectivity index (χ2v) is 7.55. The summed E-state index contributed by atoms with van der Waals surface area (Å²) in [5.41, 5.74) is -1.69. The molecule has 9 heteroatoms. The lowest BCUT2D eigenvalue weighted by Crippen LogP contribution is -2.53. The van der Waals surface area contributed by atoms with Crippen LogP contribution in [0.3, 0.4) is 0 Å². The van der Waals surface area contributed by atoms with Gasteiger partial charge in [0.1, 0.15) is 6.67 Å². The number of rotatable bonds is 7. The lowest BCUT2D eigenvalue weighted by Gasteiger charge is -2.32. The van der Waals surface area contributed by atoms with Crippen LogP contribution in [0.25, 0.3) is 0 Å². The second-order valence-electron chi connectivity index (χ2n) is 7.55. The molecular weight excluding hydrogens is 417 g/mol. The smallest absolute Gasteiger partial charge is 0.263 e. The molecule has 4 rings (SSSR count). The van der Waals surface area contributed by atoms with Gasteiger partial charge in [-0.1, -0.05) is 24.3 Å². The summed E-state index contributed by atoms with van der Waals surface area (Å²) in [7, 11) is 0. The Balaban J connectivity index is 1.50. The Morgan fingerprint density at radius 3 is 1.69 bits per heavy atom. The van der Waals surface area contributed by atoms with Crippen LogP contribution in [0.5, 0.6) is 0 Å². The van der Waals surface area contributed by atoms with E-state index in [1.807, 2.05) is 0 Å². The first-order valence-corrected chi connectivity index (χ1v) is 9.76. The van der Waals surface area contributed by atoms with Crippen molar-refractivity contribution in [3.05, 3.63) is 70.8 Å². The second kappa shape index (κ2) is 7.81. The van der Waals surface area contributed by atoms with E-state index < -0.39 is 61.0 Å². The van der Waals surface area contributed by atoms with Crippen molar-refractivity contribution < 1.29 is 28.4 Å². The third-order valence-electron chi connectivity index (χ3n) is 5.68. The zero-order valence-corrected chi connectivity index (χ0v) is 16.7. The Morgan fingerprint density at radius 2 is 1.28 bits per heavy atom. The maximum atomic E-state index is 14.1. The number of halogens is 1. The van der Waals surface area contributed by atoms with Crippen LogP contribution in [0.1, 0.15) is 54.3 Å². The number of ketones is 1. The summed E-state index contributed by atoms with van der Waals surface area (Å²) in [6.07, 6.45) is -0.883. The van der Waals surface area contributed by atoms with E-state index >= 15 is 0 Å². The predicted molar refractivity (Wildman–Crippen MR) is 107 cm³/mol. The molecule has 4 amide bonds. The van der Waals surface area contributed by atoms with Gasteiger partial charge in [0.15, 0.2) is 11.3 Å². The predicted octanol–water partition coefficient (Wildman–Crippen LogP) is 2.16. The minimum Gasteiger partial charge on any atom is -0.298 e. The quantitative estimate of drug-likeness (QED) is 0.618. The number of Topliss-reactive ketones (excluding diaryl/α,β-unsaturated/α-hetero) is 1. The normalized spacial score (nSPS) is 16.6. The van der Waals surface area contributed by atoms with Crippen molar-refractivity contribution in [3.8, 4) is 6.07 Å². The zero-order chi connectivity index (χ0) is 23.0. The number of alkyl halides is 1. The highest BCUT2D eigenvalue weighted by atomic mass is 19.1. The Kier molecular flexibility index (Phi) is 5.14. The van der Waals surface area contributed by atoms with Gasteiger partial charge in [0.2, 0.25) is 0 Å². The van der Waals surface area contributed by atoms with Crippen molar-refractivity contribution in [3.63, 3.8) is 0 Å². The summed E-state index contributed by atoms with van der Waals surface area (Å²) in [5.74, 6) is -3.45. The van der Waals surface area contributed by atoms with Gasteiger partial charge in [-0.3, -0.25) is 33.8 Å².